The molecule has 0 bridgehead atoms. The Bertz CT molecular complexity index is 1290. The first-order valence-electron chi connectivity index (χ1n) is 13.9. The van der Waals surface area contributed by atoms with Crippen LogP contribution in [0.4, 0.5) is 10.6 Å². The van der Waals surface area contributed by atoms with Crippen LogP contribution in [0.25, 0.3) is 11.3 Å². The molecule has 40 heavy (non-hydrogen) atoms. The number of benzene rings is 1. The SMILES string of the molecule is CN(C)C1CN(c2nc(-c3ccccc3)c(Cl)c3c2C(=O)N2CCN(C(=O)OC(C)(C)C)C[C@@H]2CO3)C(C)(C)C1. The Morgan fingerprint density at radius 2 is 1.85 bits per heavy atom. The quantitative estimate of drug-likeness (QED) is 0.526. The van der Waals surface area contributed by atoms with Gasteiger partial charge in [-0.05, 0) is 55.1 Å². The topological polar surface area (TPSA) is 78.5 Å². The molecule has 0 saturated carbocycles. The van der Waals surface area contributed by atoms with E-state index in [0.717, 1.165) is 18.5 Å². The summed E-state index contributed by atoms with van der Waals surface area (Å²) in [7, 11) is 4.16. The molecule has 2 saturated heterocycles. The van der Waals surface area contributed by atoms with Gasteiger partial charge < -0.3 is 29.1 Å². The summed E-state index contributed by atoms with van der Waals surface area (Å²) in [5.41, 5.74) is 0.981. The van der Waals surface area contributed by atoms with Crippen molar-refractivity contribution in [2.75, 3.05) is 51.8 Å². The van der Waals surface area contributed by atoms with Gasteiger partial charge in [0.2, 0.25) is 0 Å². The van der Waals surface area contributed by atoms with Gasteiger partial charge in [0.1, 0.15) is 28.6 Å². The van der Waals surface area contributed by atoms with Gasteiger partial charge in [0.05, 0.1) is 11.7 Å². The molecule has 3 aliphatic rings. The van der Waals surface area contributed by atoms with Crippen LogP contribution in [0.5, 0.6) is 5.75 Å². The Morgan fingerprint density at radius 1 is 1.15 bits per heavy atom. The molecule has 1 aromatic heterocycles. The highest BCUT2D eigenvalue weighted by Crippen LogP contribution is 2.46. The lowest BCUT2D eigenvalue weighted by atomic mass is 9.99. The second-order valence-electron chi connectivity index (χ2n) is 12.8. The minimum atomic E-state index is -0.602. The summed E-state index contributed by atoms with van der Waals surface area (Å²) < 4.78 is 12.0. The number of pyridine rings is 1. The maximum Gasteiger partial charge on any atom is 0.410 e. The molecule has 0 spiro atoms. The molecule has 5 rings (SSSR count). The average molecular weight is 570 g/mol. The number of likely N-dealkylation sites (N-methyl/N-ethyl adjacent to an activating group) is 1. The van der Waals surface area contributed by atoms with Crippen molar-refractivity contribution in [2.24, 2.45) is 0 Å². The van der Waals surface area contributed by atoms with E-state index < -0.39 is 5.60 Å². The van der Waals surface area contributed by atoms with E-state index in [0.29, 0.717) is 53.5 Å². The number of halogens is 1. The van der Waals surface area contributed by atoms with Crippen LogP contribution >= 0.6 is 11.6 Å². The van der Waals surface area contributed by atoms with Crippen molar-refractivity contribution in [3.8, 4) is 17.0 Å². The second-order valence-corrected chi connectivity index (χ2v) is 13.2. The van der Waals surface area contributed by atoms with Gasteiger partial charge in [-0.2, -0.15) is 0 Å². The number of anilines is 1. The third-order valence-corrected chi connectivity index (χ3v) is 8.35. The largest absolute Gasteiger partial charge is 0.489 e. The minimum absolute atomic E-state index is 0.172. The summed E-state index contributed by atoms with van der Waals surface area (Å²) in [5.74, 6) is 0.778. The van der Waals surface area contributed by atoms with Crippen LogP contribution in [0.1, 0.15) is 51.4 Å². The van der Waals surface area contributed by atoms with E-state index in [4.69, 9.17) is 26.1 Å². The molecule has 1 unspecified atom stereocenters. The van der Waals surface area contributed by atoms with Crippen molar-refractivity contribution < 1.29 is 19.1 Å². The highest BCUT2D eigenvalue weighted by molar-refractivity contribution is 6.35. The number of hydrogen-bond acceptors (Lipinski definition) is 7. The van der Waals surface area contributed by atoms with Crippen LogP contribution in [0.2, 0.25) is 5.02 Å². The third kappa shape index (κ3) is 5.33. The first-order valence-corrected chi connectivity index (χ1v) is 14.3. The predicted octanol–water partition coefficient (Wildman–Crippen LogP) is 4.77. The Hall–Kier alpha value is -3.04. The van der Waals surface area contributed by atoms with Crippen molar-refractivity contribution in [3.05, 3.63) is 40.9 Å². The third-order valence-electron chi connectivity index (χ3n) is 8.00. The van der Waals surface area contributed by atoms with Crippen molar-refractivity contribution in [3.63, 3.8) is 0 Å². The highest BCUT2D eigenvalue weighted by Gasteiger charge is 2.46. The number of nitrogens with zero attached hydrogens (tertiary/aromatic N) is 5. The van der Waals surface area contributed by atoms with Crippen LogP contribution in [-0.2, 0) is 4.74 Å². The van der Waals surface area contributed by atoms with Crippen LogP contribution in [0.15, 0.2) is 30.3 Å². The molecule has 216 valence electrons. The van der Waals surface area contributed by atoms with E-state index in [9.17, 15) is 9.59 Å². The fourth-order valence-corrected chi connectivity index (χ4v) is 6.15. The fourth-order valence-electron chi connectivity index (χ4n) is 5.85. The van der Waals surface area contributed by atoms with Gasteiger partial charge >= 0.3 is 6.09 Å². The number of ether oxygens (including phenoxy) is 2. The Labute approximate surface area is 242 Å². The van der Waals surface area contributed by atoms with E-state index >= 15 is 0 Å². The zero-order chi connectivity index (χ0) is 29.0. The number of hydrogen-bond donors (Lipinski definition) is 0. The predicted molar refractivity (Wildman–Crippen MR) is 156 cm³/mol. The molecule has 0 N–H and O–H groups in total. The van der Waals surface area contributed by atoms with Gasteiger partial charge in [0, 0.05) is 43.3 Å². The molecule has 1 aromatic carbocycles. The van der Waals surface area contributed by atoms with Gasteiger partial charge in [-0.25, -0.2) is 9.78 Å². The molecule has 2 fully saturated rings. The molecule has 0 aliphatic carbocycles. The van der Waals surface area contributed by atoms with E-state index in [1.54, 1.807) is 4.90 Å². The maximum atomic E-state index is 14.4. The first-order chi connectivity index (χ1) is 18.8. The van der Waals surface area contributed by atoms with E-state index in [1.165, 1.54) is 0 Å². The van der Waals surface area contributed by atoms with Crippen LogP contribution in [0.3, 0.4) is 0 Å². The summed E-state index contributed by atoms with van der Waals surface area (Å²) in [6.07, 6.45) is 0.535. The normalized spacial score (nSPS) is 22.5. The Balaban J connectivity index is 1.58. The number of piperazine rings is 1. The second kappa shape index (κ2) is 10.4. The molecular weight excluding hydrogens is 530 g/mol. The number of aromatic nitrogens is 1. The zero-order valence-electron chi connectivity index (χ0n) is 24.5. The van der Waals surface area contributed by atoms with Gasteiger partial charge in [0.25, 0.3) is 5.91 Å². The molecule has 10 heteroatoms. The lowest BCUT2D eigenvalue weighted by molar-refractivity contribution is 0.000952. The highest BCUT2D eigenvalue weighted by atomic mass is 35.5. The Morgan fingerprint density at radius 3 is 2.48 bits per heavy atom. The molecule has 3 aliphatic heterocycles. The van der Waals surface area contributed by atoms with Crippen molar-refractivity contribution in [1.29, 1.82) is 0 Å². The molecule has 2 amide bonds. The van der Waals surface area contributed by atoms with Gasteiger partial charge in [-0.15, -0.1) is 0 Å². The fraction of sp³-hybridized carbons (Fsp3) is 0.567. The summed E-state index contributed by atoms with van der Waals surface area (Å²) in [4.78, 5) is 40.2. The van der Waals surface area contributed by atoms with Gasteiger partial charge in [-0.3, -0.25) is 4.79 Å². The van der Waals surface area contributed by atoms with Gasteiger partial charge in [0.15, 0.2) is 5.75 Å². The van der Waals surface area contributed by atoms with E-state index in [2.05, 4.69) is 37.7 Å². The molecule has 2 aromatic rings. The summed E-state index contributed by atoms with van der Waals surface area (Å²) in [6.45, 7) is 11.9. The van der Waals surface area contributed by atoms with Crippen LogP contribution < -0.4 is 9.64 Å². The van der Waals surface area contributed by atoms with Crippen molar-refractivity contribution >= 4 is 29.4 Å². The molecule has 2 atom stereocenters. The van der Waals surface area contributed by atoms with Crippen LogP contribution in [-0.4, -0.2) is 102 Å². The number of fused-ring (bicyclic) bond motifs is 2. The maximum absolute atomic E-state index is 14.4. The van der Waals surface area contributed by atoms with Crippen molar-refractivity contribution in [1.82, 2.24) is 19.7 Å². The summed E-state index contributed by atoms with van der Waals surface area (Å²) in [6, 6.07) is 9.71. The Kier molecular flexibility index (Phi) is 7.42. The smallest absolute Gasteiger partial charge is 0.410 e. The number of amides is 2. The monoisotopic (exact) mass is 569 g/mol. The van der Waals surface area contributed by atoms with E-state index in [-0.39, 0.29) is 30.2 Å². The molecule has 9 nitrogen and oxygen atoms in total. The summed E-state index contributed by atoms with van der Waals surface area (Å²) in [5, 5.41) is 0.323. The van der Waals surface area contributed by atoms with Crippen LogP contribution in [0, 0.1) is 0 Å². The van der Waals surface area contributed by atoms with Crippen molar-refractivity contribution in [2.45, 2.75) is 64.3 Å². The first kappa shape index (κ1) is 28.5. The van der Waals surface area contributed by atoms with Gasteiger partial charge in [-0.1, -0.05) is 41.9 Å². The molecule has 0 radical (unpaired) electrons. The molecular formula is C30H40ClN5O4. The molecule has 4 heterocycles. The number of carbonyl (C=O) groups is 2. The standard InChI is InChI=1S/C30H40ClN5O4/c1-29(2,3)40-28(38)34-13-14-35-21(16-34)18-39-25-22(27(35)37)26(36-17-20(33(6)7)15-30(36,4)5)32-24(23(25)31)19-11-9-8-10-12-19/h8-12,20-21H,13-18H2,1-7H3/t20?,21-/m1/s1. The zero-order valence-corrected chi connectivity index (χ0v) is 25.3. The minimum Gasteiger partial charge on any atom is -0.489 e. The lowest BCUT2D eigenvalue weighted by Crippen LogP contribution is -2.58. The van der Waals surface area contributed by atoms with E-state index in [1.807, 2.05) is 56.0 Å². The number of carbonyl (C=O) groups excluding carboxylic acids is 2. The lowest BCUT2D eigenvalue weighted by Gasteiger charge is -2.40. The number of rotatable bonds is 3. The average Bonchev–Trinajstić information content (AvgIpc) is 3.13. The summed E-state index contributed by atoms with van der Waals surface area (Å²) >= 11 is 7.01.